The van der Waals surface area contributed by atoms with E-state index in [0.29, 0.717) is 0 Å². The van der Waals surface area contributed by atoms with Gasteiger partial charge in [0.05, 0.1) is 6.10 Å². The number of rotatable bonds is 4. The molecule has 0 unspecified atom stereocenters. The minimum atomic E-state index is -1.89. The molecule has 4 heteroatoms. The molecule has 15 heavy (non-hydrogen) atoms. The summed E-state index contributed by atoms with van der Waals surface area (Å²) < 4.78 is 5.89. The fourth-order valence-electron chi connectivity index (χ4n) is 1.04. The largest absolute Gasteiger partial charge is 0.411 e. The fourth-order valence-corrected chi connectivity index (χ4v) is 2.45. The zero-order chi connectivity index (χ0) is 12.4. The van der Waals surface area contributed by atoms with Crippen molar-refractivity contribution in [3.05, 3.63) is 0 Å². The Morgan fingerprint density at radius 1 is 1.33 bits per heavy atom. The summed E-state index contributed by atoms with van der Waals surface area (Å²) in [5, 5.41) is 9.67. The second-order valence-corrected chi connectivity index (χ2v) is 10.4. The van der Waals surface area contributed by atoms with Gasteiger partial charge in [-0.2, -0.15) is 0 Å². The Balaban J connectivity index is 4.54. The Hall–Kier alpha value is -0.193. The Morgan fingerprint density at radius 3 is 2.00 bits per heavy atom. The first kappa shape index (κ1) is 14.8. The average Bonchev–Trinajstić information content (AvgIpc) is 1.99. The molecule has 0 bridgehead atoms. The van der Waals surface area contributed by atoms with Crippen LogP contribution in [-0.2, 0) is 9.22 Å². The molecule has 0 aromatic carbocycles. The average molecular weight is 232 g/mol. The lowest BCUT2D eigenvalue weighted by molar-refractivity contribution is -0.129. The van der Waals surface area contributed by atoms with Crippen LogP contribution in [0.3, 0.4) is 0 Å². The monoisotopic (exact) mass is 232 g/mol. The minimum Gasteiger partial charge on any atom is -0.411 e. The predicted octanol–water partition coefficient (Wildman–Crippen LogP) is 2.35. The number of Topliss-reactive ketones (excluding diaryl/α,β-unsaturated/α-hetero) is 1. The molecule has 0 aliphatic rings. The van der Waals surface area contributed by atoms with Crippen molar-refractivity contribution in [1.29, 1.82) is 0 Å². The Kier molecular flexibility index (Phi) is 4.70. The van der Waals surface area contributed by atoms with Gasteiger partial charge < -0.3 is 9.53 Å². The highest BCUT2D eigenvalue weighted by atomic mass is 28.4. The van der Waals surface area contributed by atoms with Gasteiger partial charge in [0.2, 0.25) is 0 Å². The number of aliphatic hydroxyl groups excluding tert-OH is 1. The van der Waals surface area contributed by atoms with Crippen molar-refractivity contribution >= 4 is 14.1 Å². The zero-order valence-electron chi connectivity index (χ0n) is 10.9. The molecule has 0 saturated heterocycles. The van der Waals surface area contributed by atoms with Gasteiger partial charge in [-0.1, -0.05) is 20.8 Å². The highest BCUT2D eigenvalue weighted by Crippen LogP contribution is 2.37. The van der Waals surface area contributed by atoms with Gasteiger partial charge in [-0.25, -0.2) is 0 Å². The van der Waals surface area contributed by atoms with Gasteiger partial charge in [-0.3, -0.25) is 4.79 Å². The number of aliphatic hydroxyl groups is 1. The second kappa shape index (κ2) is 4.76. The summed E-state index contributed by atoms with van der Waals surface area (Å²) in [6.45, 7) is 13.7. The van der Waals surface area contributed by atoms with E-state index in [1.807, 2.05) is 0 Å². The molecule has 1 N–H and O–H groups in total. The Bertz CT molecular complexity index is 230. The van der Waals surface area contributed by atoms with Crippen LogP contribution in [0.5, 0.6) is 0 Å². The van der Waals surface area contributed by atoms with Gasteiger partial charge in [0.15, 0.2) is 14.1 Å². The van der Waals surface area contributed by atoms with Crippen LogP contribution in [0.4, 0.5) is 0 Å². The molecule has 0 saturated carbocycles. The third kappa shape index (κ3) is 4.05. The van der Waals surface area contributed by atoms with E-state index in [0.717, 1.165) is 0 Å². The number of hydrogen-bond acceptors (Lipinski definition) is 3. The van der Waals surface area contributed by atoms with Crippen LogP contribution >= 0.6 is 0 Å². The van der Waals surface area contributed by atoms with E-state index >= 15 is 0 Å². The molecule has 3 nitrogen and oxygen atoms in total. The van der Waals surface area contributed by atoms with E-state index in [2.05, 4.69) is 33.9 Å². The molecule has 0 aromatic rings. The van der Waals surface area contributed by atoms with Gasteiger partial charge in [-0.15, -0.1) is 0 Å². The van der Waals surface area contributed by atoms with Crippen molar-refractivity contribution in [1.82, 2.24) is 0 Å². The molecule has 0 aliphatic heterocycles. The van der Waals surface area contributed by atoms with Crippen molar-refractivity contribution in [3.8, 4) is 0 Å². The van der Waals surface area contributed by atoms with E-state index in [1.165, 1.54) is 6.92 Å². The first-order valence-corrected chi connectivity index (χ1v) is 8.26. The van der Waals surface area contributed by atoms with Gasteiger partial charge >= 0.3 is 0 Å². The van der Waals surface area contributed by atoms with Crippen LogP contribution in [0, 0.1) is 0 Å². The molecule has 0 rings (SSSR count). The van der Waals surface area contributed by atoms with Gasteiger partial charge in [-0.05, 0) is 32.0 Å². The maximum Gasteiger partial charge on any atom is 0.192 e. The maximum absolute atomic E-state index is 11.0. The third-order valence-corrected chi connectivity index (χ3v) is 7.72. The molecule has 0 amide bonds. The normalized spacial score (nSPS) is 17.3. The van der Waals surface area contributed by atoms with Crippen molar-refractivity contribution in [2.24, 2.45) is 0 Å². The topological polar surface area (TPSA) is 46.5 Å². The molecule has 0 fully saturated rings. The van der Waals surface area contributed by atoms with Gasteiger partial charge in [0.25, 0.3) is 0 Å². The minimum absolute atomic E-state index is 0.0950. The van der Waals surface area contributed by atoms with E-state index < -0.39 is 20.5 Å². The van der Waals surface area contributed by atoms with Crippen molar-refractivity contribution in [3.63, 3.8) is 0 Å². The summed E-state index contributed by atoms with van der Waals surface area (Å²) in [5.74, 6) is -0.235. The second-order valence-electron chi connectivity index (χ2n) is 5.64. The van der Waals surface area contributed by atoms with E-state index in [-0.39, 0.29) is 10.8 Å². The first-order valence-electron chi connectivity index (χ1n) is 5.35. The molecule has 2 atom stereocenters. The number of ketones is 1. The van der Waals surface area contributed by atoms with Crippen LogP contribution in [0.1, 0.15) is 34.6 Å². The summed E-state index contributed by atoms with van der Waals surface area (Å²) in [5.41, 5.74) is 0. The van der Waals surface area contributed by atoms with Gasteiger partial charge in [0, 0.05) is 0 Å². The highest BCUT2D eigenvalue weighted by molar-refractivity contribution is 6.74. The lowest BCUT2D eigenvalue weighted by Gasteiger charge is -2.39. The van der Waals surface area contributed by atoms with Crippen molar-refractivity contribution < 1.29 is 14.3 Å². The zero-order valence-corrected chi connectivity index (χ0v) is 11.9. The van der Waals surface area contributed by atoms with Crippen LogP contribution in [0.15, 0.2) is 0 Å². The van der Waals surface area contributed by atoms with Crippen molar-refractivity contribution in [2.45, 2.75) is 65.0 Å². The lowest BCUT2D eigenvalue weighted by atomic mass is 10.2. The quantitative estimate of drug-likeness (QED) is 0.757. The molecule has 0 radical (unpaired) electrons. The van der Waals surface area contributed by atoms with Crippen LogP contribution in [0.2, 0.25) is 18.1 Å². The Morgan fingerprint density at radius 2 is 1.73 bits per heavy atom. The number of carbonyl (C=O) groups excluding carboxylic acids is 1. The molecule has 0 heterocycles. The summed E-state index contributed by atoms with van der Waals surface area (Å²) in [4.78, 5) is 11.0. The smallest absolute Gasteiger partial charge is 0.192 e. The Labute approximate surface area is 94.0 Å². The van der Waals surface area contributed by atoms with Crippen LogP contribution in [-0.4, -0.2) is 31.4 Å². The van der Waals surface area contributed by atoms with E-state index in [9.17, 15) is 9.90 Å². The fraction of sp³-hybridized carbons (Fsp3) is 0.909. The SMILES string of the molecule is CC(=O)[C@H](O)[C@@H](C)O[Si](C)(C)C(C)(C)C. The molecule has 0 aliphatic carbocycles. The number of hydrogen-bond donors (Lipinski definition) is 1. The number of carbonyl (C=O) groups is 1. The standard InChI is InChI=1S/C11H24O3Si/c1-8(12)10(13)9(2)14-15(6,7)11(3,4)5/h9-10,13H,1-7H3/t9-,10+/m1/s1. The summed E-state index contributed by atoms with van der Waals surface area (Å²) in [6.07, 6.45) is -1.41. The van der Waals surface area contributed by atoms with Gasteiger partial charge in [0.1, 0.15) is 6.10 Å². The predicted molar refractivity (Wildman–Crippen MR) is 64.4 cm³/mol. The summed E-state index contributed by atoms with van der Waals surface area (Å²) in [7, 11) is -1.89. The van der Waals surface area contributed by atoms with Crippen LogP contribution in [0.25, 0.3) is 0 Å². The highest BCUT2D eigenvalue weighted by Gasteiger charge is 2.39. The van der Waals surface area contributed by atoms with E-state index in [1.54, 1.807) is 6.92 Å². The lowest BCUT2D eigenvalue weighted by Crippen LogP contribution is -2.47. The van der Waals surface area contributed by atoms with E-state index in [4.69, 9.17) is 4.43 Å². The molecular formula is C11H24O3Si. The molecule has 0 spiro atoms. The van der Waals surface area contributed by atoms with Crippen molar-refractivity contribution in [2.75, 3.05) is 0 Å². The molecule has 0 aromatic heterocycles. The third-order valence-electron chi connectivity index (χ3n) is 3.15. The molecular weight excluding hydrogens is 208 g/mol. The molecule has 90 valence electrons. The first-order chi connectivity index (χ1) is 6.49. The maximum atomic E-state index is 11.0. The van der Waals surface area contributed by atoms with Crippen LogP contribution < -0.4 is 0 Å². The summed E-state index contributed by atoms with van der Waals surface area (Å²) >= 11 is 0. The summed E-state index contributed by atoms with van der Waals surface area (Å²) in [6, 6.07) is 0.